The lowest BCUT2D eigenvalue weighted by atomic mass is 9.97. The smallest absolute Gasteiger partial charge is 0.343 e. The maximum atomic E-state index is 12.5. The molecule has 0 aliphatic carbocycles. The molecule has 0 spiro atoms. The maximum absolute atomic E-state index is 12.5. The molecule has 2 aromatic heterocycles. The molecule has 224 valence electrons. The highest BCUT2D eigenvalue weighted by Gasteiger charge is 2.24. The van der Waals surface area contributed by atoms with E-state index in [1.807, 2.05) is 12.1 Å². The van der Waals surface area contributed by atoms with Gasteiger partial charge in [0.1, 0.15) is 17.6 Å². The van der Waals surface area contributed by atoms with Crippen molar-refractivity contribution in [1.29, 1.82) is 5.41 Å². The zero-order chi connectivity index (χ0) is 29.6. The SMILES string of the molecule is COC(=O)c1cc(-c2cc(NC3CCCCO3)c(C=N)c(-c3ncc(CN4CCN(C(C)C)CC4)o3)c2)cnc1OC. The summed E-state index contributed by atoms with van der Waals surface area (Å²) in [4.78, 5) is 26.3. The molecule has 1 atom stereocenters. The van der Waals surface area contributed by atoms with Crippen molar-refractivity contribution < 1.29 is 23.4 Å². The van der Waals surface area contributed by atoms with Crippen LogP contribution in [0.5, 0.6) is 5.88 Å². The standard InChI is InChI=1S/C31H40N6O5/c1-20(2)37-10-8-36(9-11-37)19-23-18-34-30(42-23)24-13-21(22-14-25(31(38)40-4)29(39-3)33-17-22)15-27(26(24)16-32)35-28-7-5-6-12-41-28/h13-18,20,28,32,35H,5-12,19H2,1-4H3. The molecule has 42 heavy (non-hydrogen) atoms. The van der Waals surface area contributed by atoms with Crippen molar-refractivity contribution in [3.8, 4) is 28.5 Å². The second kappa shape index (κ2) is 13.5. The number of carbonyl (C=O) groups is 1. The van der Waals surface area contributed by atoms with Crippen LogP contribution in [0.4, 0.5) is 5.69 Å². The number of ether oxygens (including phenoxy) is 3. The van der Waals surface area contributed by atoms with Crippen molar-refractivity contribution in [3.63, 3.8) is 0 Å². The van der Waals surface area contributed by atoms with Gasteiger partial charge in [-0.1, -0.05) is 0 Å². The molecule has 2 fully saturated rings. The lowest BCUT2D eigenvalue weighted by molar-refractivity contribution is 0.0343. The Labute approximate surface area is 246 Å². The molecule has 0 amide bonds. The van der Waals surface area contributed by atoms with E-state index in [1.165, 1.54) is 20.4 Å². The number of pyridine rings is 1. The third-order valence-corrected chi connectivity index (χ3v) is 7.90. The van der Waals surface area contributed by atoms with E-state index in [9.17, 15) is 4.79 Å². The minimum absolute atomic E-state index is 0.176. The second-order valence-corrected chi connectivity index (χ2v) is 10.9. The number of nitrogens with one attached hydrogen (secondary N) is 2. The highest BCUT2D eigenvalue weighted by Crippen LogP contribution is 2.36. The van der Waals surface area contributed by atoms with Crippen LogP contribution in [-0.2, 0) is 16.0 Å². The van der Waals surface area contributed by atoms with Gasteiger partial charge in [-0.2, -0.15) is 0 Å². The van der Waals surface area contributed by atoms with Crippen LogP contribution >= 0.6 is 0 Å². The van der Waals surface area contributed by atoms with Gasteiger partial charge >= 0.3 is 5.97 Å². The normalized spacial score (nSPS) is 18.2. The fourth-order valence-electron chi connectivity index (χ4n) is 5.49. The summed E-state index contributed by atoms with van der Waals surface area (Å²) in [5, 5.41) is 11.8. The Bertz CT molecular complexity index is 1390. The van der Waals surface area contributed by atoms with E-state index in [-0.39, 0.29) is 17.7 Å². The summed E-state index contributed by atoms with van der Waals surface area (Å²) in [6.07, 6.45) is 7.50. The van der Waals surface area contributed by atoms with Crippen LogP contribution < -0.4 is 10.1 Å². The molecule has 2 N–H and O–H groups in total. The molecule has 1 aromatic carbocycles. The molecular weight excluding hydrogens is 536 g/mol. The fraction of sp³-hybridized carbons (Fsp3) is 0.484. The van der Waals surface area contributed by atoms with Crippen LogP contribution in [0.2, 0.25) is 0 Å². The molecule has 1 unspecified atom stereocenters. The first kappa shape index (κ1) is 29.7. The first-order valence-electron chi connectivity index (χ1n) is 14.5. The highest BCUT2D eigenvalue weighted by molar-refractivity contribution is 5.98. The van der Waals surface area contributed by atoms with Gasteiger partial charge in [0.2, 0.25) is 11.8 Å². The largest absolute Gasteiger partial charge is 0.480 e. The Morgan fingerprint density at radius 2 is 1.93 bits per heavy atom. The van der Waals surface area contributed by atoms with E-state index < -0.39 is 5.97 Å². The molecule has 2 aliphatic rings. The van der Waals surface area contributed by atoms with Crippen molar-refractivity contribution in [2.75, 3.05) is 52.3 Å². The Morgan fingerprint density at radius 1 is 1.12 bits per heavy atom. The Hall–Kier alpha value is -3.80. The van der Waals surface area contributed by atoms with Crippen molar-refractivity contribution in [3.05, 3.63) is 47.5 Å². The molecule has 2 aliphatic heterocycles. The average Bonchev–Trinajstić information content (AvgIpc) is 3.49. The average molecular weight is 577 g/mol. The van der Waals surface area contributed by atoms with Crippen molar-refractivity contribution in [2.45, 2.75) is 51.9 Å². The van der Waals surface area contributed by atoms with Crippen molar-refractivity contribution in [1.82, 2.24) is 19.8 Å². The number of nitrogens with zero attached hydrogens (tertiary/aromatic N) is 4. The maximum Gasteiger partial charge on any atom is 0.343 e. The Morgan fingerprint density at radius 3 is 2.60 bits per heavy atom. The molecule has 0 radical (unpaired) electrons. The molecule has 4 heterocycles. The van der Waals surface area contributed by atoms with E-state index in [0.717, 1.165) is 56.8 Å². The van der Waals surface area contributed by atoms with Crippen LogP contribution in [0.15, 0.2) is 35.0 Å². The van der Waals surface area contributed by atoms with Gasteiger partial charge in [-0.05, 0) is 56.9 Å². The summed E-state index contributed by atoms with van der Waals surface area (Å²) in [5.74, 6) is 0.836. The van der Waals surface area contributed by atoms with Gasteiger partial charge in [0.05, 0.1) is 27.0 Å². The third-order valence-electron chi connectivity index (χ3n) is 7.90. The van der Waals surface area contributed by atoms with Crippen LogP contribution in [0.25, 0.3) is 22.6 Å². The van der Waals surface area contributed by atoms with Crippen LogP contribution in [-0.4, -0.2) is 91.2 Å². The first-order valence-corrected chi connectivity index (χ1v) is 14.5. The van der Waals surface area contributed by atoms with Gasteiger partial charge in [0.15, 0.2) is 0 Å². The monoisotopic (exact) mass is 576 g/mol. The predicted molar refractivity (Wildman–Crippen MR) is 160 cm³/mol. The number of oxazole rings is 1. The molecule has 3 aromatic rings. The van der Waals surface area contributed by atoms with E-state index in [0.29, 0.717) is 47.5 Å². The molecule has 2 saturated heterocycles. The zero-order valence-electron chi connectivity index (χ0n) is 24.8. The number of anilines is 1. The van der Waals surface area contributed by atoms with Gasteiger partial charge in [-0.3, -0.25) is 9.80 Å². The Kier molecular flexibility index (Phi) is 9.51. The summed E-state index contributed by atoms with van der Waals surface area (Å²) in [6, 6.07) is 6.08. The Balaban J connectivity index is 1.50. The number of hydrogen-bond donors (Lipinski definition) is 2. The van der Waals surface area contributed by atoms with Crippen molar-refractivity contribution >= 4 is 17.9 Å². The number of carbonyl (C=O) groups excluding carboxylic acids is 1. The molecule has 0 saturated carbocycles. The lowest BCUT2D eigenvalue weighted by Gasteiger charge is -2.36. The fourth-order valence-corrected chi connectivity index (χ4v) is 5.49. The summed E-state index contributed by atoms with van der Waals surface area (Å²) >= 11 is 0. The third kappa shape index (κ3) is 6.64. The summed E-state index contributed by atoms with van der Waals surface area (Å²) < 4.78 is 22.5. The number of rotatable bonds is 10. The van der Waals surface area contributed by atoms with Crippen LogP contribution in [0.1, 0.15) is 54.8 Å². The molecule has 11 nitrogen and oxygen atoms in total. The number of methoxy groups -OCH3 is 2. The predicted octanol–water partition coefficient (Wildman–Crippen LogP) is 4.66. The van der Waals surface area contributed by atoms with Gasteiger partial charge < -0.3 is 29.4 Å². The van der Waals surface area contributed by atoms with E-state index in [1.54, 1.807) is 18.5 Å². The summed E-state index contributed by atoms with van der Waals surface area (Å²) in [7, 11) is 2.78. The zero-order valence-corrected chi connectivity index (χ0v) is 24.8. The van der Waals surface area contributed by atoms with E-state index >= 15 is 0 Å². The van der Waals surface area contributed by atoms with Crippen LogP contribution in [0, 0.1) is 5.41 Å². The number of aromatic nitrogens is 2. The first-order chi connectivity index (χ1) is 20.4. The number of benzene rings is 1. The second-order valence-electron chi connectivity index (χ2n) is 10.9. The van der Waals surface area contributed by atoms with Gasteiger partial charge in [0.25, 0.3) is 0 Å². The molecule has 5 rings (SSSR count). The number of esters is 1. The topological polar surface area (TPSA) is 126 Å². The highest BCUT2D eigenvalue weighted by atomic mass is 16.5. The van der Waals surface area contributed by atoms with Gasteiger partial charge in [-0.25, -0.2) is 14.8 Å². The number of hydrogen-bond acceptors (Lipinski definition) is 11. The molecule has 0 bridgehead atoms. The van der Waals surface area contributed by atoms with Crippen molar-refractivity contribution in [2.24, 2.45) is 0 Å². The van der Waals surface area contributed by atoms with E-state index in [2.05, 4.69) is 38.9 Å². The molecule has 11 heteroatoms. The lowest BCUT2D eigenvalue weighted by Crippen LogP contribution is -2.48. The summed E-state index contributed by atoms with van der Waals surface area (Å²) in [6.45, 7) is 9.81. The minimum Gasteiger partial charge on any atom is -0.480 e. The van der Waals surface area contributed by atoms with Crippen LogP contribution in [0.3, 0.4) is 0 Å². The van der Waals surface area contributed by atoms with Gasteiger partial charge in [0, 0.05) is 73.6 Å². The van der Waals surface area contributed by atoms with E-state index in [4.69, 9.17) is 24.0 Å². The summed E-state index contributed by atoms with van der Waals surface area (Å²) in [5.41, 5.74) is 3.67. The van der Waals surface area contributed by atoms with Gasteiger partial charge in [-0.15, -0.1) is 0 Å². The number of piperazine rings is 1. The quantitative estimate of drug-likeness (QED) is 0.260. The molecular formula is C31H40N6O5. The minimum atomic E-state index is -0.543.